The average Bonchev–Trinajstić information content (AvgIpc) is 2.86. The maximum Gasteiger partial charge on any atom is 0.422 e. The summed E-state index contributed by atoms with van der Waals surface area (Å²) in [5.41, 5.74) is 1.68. The van der Waals surface area contributed by atoms with E-state index in [4.69, 9.17) is 4.74 Å². The molecule has 11 heteroatoms. The second-order valence-corrected chi connectivity index (χ2v) is 8.09. The van der Waals surface area contributed by atoms with Gasteiger partial charge in [0.15, 0.2) is 18.0 Å². The van der Waals surface area contributed by atoms with Crippen LogP contribution < -0.4 is 15.0 Å². The standard InChI is InChI=1S/C24H22F4N6O/c25-19-5-3-17(4-6-19)18-7-10-34(11-8-18)21-20(12-29)22(35-15-24(26,27)28)33-23(32-21)31-14-16-2-1-9-30-13-16/h1-6,9,13,18H,7-8,10-11,14-15H2,(H,31,32,33). The SMILES string of the molecule is N#Cc1c(OCC(F)(F)F)nc(NCc2cccnc2)nc1N1CCC(c2ccc(F)cc2)CC1. The molecule has 3 aromatic rings. The predicted molar refractivity (Wildman–Crippen MR) is 120 cm³/mol. The third-order valence-electron chi connectivity index (χ3n) is 5.65. The van der Waals surface area contributed by atoms with Gasteiger partial charge in [-0.3, -0.25) is 4.98 Å². The molecule has 182 valence electrons. The highest BCUT2D eigenvalue weighted by Crippen LogP contribution is 2.34. The summed E-state index contributed by atoms with van der Waals surface area (Å²) in [4.78, 5) is 14.4. The largest absolute Gasteiger partial charge is 0.467 e. The molecule has 1 N–H and O–H groups in total. The zero-order valence-corrected chi connectivity index (χ0v) is 18.6. The van der Waals surface area contributed by atoms with E-state index < -0.39 is 18.7 Å². The maximum atomic E-state index is 13.3. The quantitative estimate of drug-likeness (QED) is 0.479. The highest BCUT2D eigenvalue weighted by Gasteiger charge is 2.31. The van der Waals surface area contributed by atoms with Crippen molar-refractivity contribution in [3.8, 4) is 11.9 Å². The Labute approximate surface area is 199 Å². The van der Waals surface area contributed by atoms with Crippen LogP contribution in [-0.2, 0) is 6.54 Å². The molecule has 0 atom stereocenters. The van der Waals surface area contributed by atoms with E-state index in [1.54, 1.807) is 30.6 Å². The first kappa shape index (κ1) is 24.2. The summed E-state index contributed by atoms with van der Waals surface area (Å²) >= 11 is 0. The molecule has 0 saturated carbocycles. The van der Waals surface area contributed by atoms with Crippen LogP contribution in [0.2, 0.25) is 0 Å². The molecule has 4 rings (SSSR count). The second kappa shape index (κ2) is 10.5. The van der Waals surface area contributed by atoms with Crippen molar-refractivity contribution in [1.82, 2.24) is 15.0 Å². The number of hydrogen-bond donors (Lipinski definition) is 1. The normalized spacial score (nSPS) is 14.4. The lowest BCUT2D eigenvalue weighted by Gasteiger charge is -2.33. The molecule has 0 amide bonds. The first-order chi connectivity index (χ1) is 16.8. The fourth-order valence-corrected chi connectivity index (χ4v) is 3.93. The van der Waals surface area contributed by atoms with Crippen molar-refractivity contribution < 1.29 is 22.3 Å². The average molecular weight is 486 g/mol. The van der Waals surface area contributed by atoms with Crippen LogP contribution in [0.1, 0.15) is 35.4 Å². The van der Waals surface area contributed by atoms with Crippen LogP contribution in [-0.4, -0.2) is 40.8 Å². The molecule has 1 saturated heterocycles. The molecular weight excluding hydrogens is 464 g/mol. The zero-order valence-electron chi connectivity index (χ0n) is 18.6. The monoisotopic (exact) mass is 486 g/mol. The number of alkyl halides is 3. The molecule has 0 spiro atoms. The number of nitrogens with one attached hydrogen (secondary N) is 1. The molecule has 1 aliphatic rings. The molecule has 0 bridgehead atoms. The van der Waals surface area contributed by atoms with Gasteiger partial charge in [-0.1, -0.05) is 18.2 Å². The van der Waals surface area contributed by atoms with Gasteiger partial charge in [-0.2, -0.15) is 28.4 Å². The van der Waals surface area contributed by atoms with Crippen LogP contribution in [0.4, 0.5) is 29.3 Å². The summed E-state index contributed by atoms with van der Waals surface area (Å²) in [5.74, 6) is -0.275. The first-order valence-corrected chi connectivity index (χ1v) is 11.0. The lowest BCUT2D eigenvalue weighted by atomic mass is 9.89. The minimum atomic E-state index is -4.59. The first-order valence-electron chi connectivity index (χ1n) is 11.0. The Balaban J connectivity index is 1.57. The number of ether oxygens (including phenoxy) is 1. The number of pyridine rings is 1. The fourth-order valence-electron chi connectivity index (χ4n) is 3.93. The number of nitrogens with zero attached hydrogens (tertiary/aromatic N) is 5. The van der Waals surface area contributed by atoms with Gasteiger partial charge >= 0.3 is 6.18 Å². The summed E-state index contributed by atoms with van der Waals surface area (Å²) in [7, 11) is 0. The molecule has 3 heterocycles. The fraction of sp³-hybridized carbons (Fsp3) is 0.333. The Morgan fingerprint density at radius 3 is 2.49 bits per heavy atom. The third kappa shape index (κ3) is 6.35. The Bertz CT molecular complexity index is 1170. The van der Waals surface area contributed by atoms with E-state index in [9.17, 15) is 22.8 Å². The van der Waals surface area contributed by atoms with E-state index in [0.29, 0.717) is 25.9 Å². The smallest absolute Gasteiger partial charge is 0.422 e. The minimum Gasteiger partial charge on any atom is -0.467 e. The lowest BCUT2D eigenvalue weighted by Crippen LogP contribution is -2.34. The number of nitriles is 1. The van der Waals surface area contributed by atoms with E-state index in [0.717, 1.165) is 11.1 Å². The molecular formula is C24H22F4N6O. The molecule has 1 aromatic carbocycles. The third-order valence-corrected chi connectivity index (χ3v) is 5.65. The summed E-state index contributed by atoms with van der Waals surface area (Å²) in [6.45, 7) is -0.277. The van der Waals surface area contributed by atoms with Crippen LogP contribution in [0.25, 0.3) is 0 Å². The summed E-state index contributed by atoms with van der Waals surface area (Å²) < 4.78 is 56.6. The van der Waals surface area contributed by atoms with Gasteiger partial charge in [0.1, 0.15) is 11.9 Å². The number of aromatic nitrogens is 3. The van der Waals surface area contributed by atoms with Crippen molar-refractivity contribution in [3.63, 3.8) is 0 Å². The molecule has 1 aliphatic heterocycles. The van der Waals surface area contributed by atoms with Crippen molar-refractivity contribution in [1.29, 1.82) is 5.26 Å². The van der Waals surface area contributed by atoms with Crippen LogP contribution in [0.3, 0.4) is 0 Å². The zero-order chi connectivity index (χ0) is 24.8. The van der Waals surface area contributed by atoms with Gasteiger partial charge in [-0.25, -0.2) is 4.39 Å². The highest BCUT2D eigenvalue weighted by molar-refractivity contribution is 5.61. The van der Waals surface area contributed by atoms with Crippen LogP contribution in [0.5, 0.6) is 5.88 Å². The highest BCUT2D eigenvalue weighted by atomic mass is 19.4. The van der Waals surface area contributed by atoms with Gasteiger partial charge in [0.2, 0.25) is 11.8 Å². The van der Waals surface area contributed by atoms with Gasteiger partial charge in [-0.05, 0) is 48.1 Å². The topological polar surface area (TPSA) is 87.0 Å². The molecule has 1 fully saturated rings. The molecule has 0 radical (unpaired) electrons. The van der Waals surface area contributed by atoms with E-state index in [1.807, 2.05) is 17.0 Å². The number of halogens is 4. The van der Waals surface area contributed by atoms with Gasteiger partial charge in [0.25, 0.3) is 0 Å². The summed E-state index contributed by atoms with van der Waals surface area (Å²) in [6.07, 6.45) is 0.0847. The van der Waals surface area contributed by atoms with Crippen molar-refractivity contribution in [2.45, 2.75) is 31.5 Å². The maximum absolute atomic E-state index is 13.3. The van der Waals surface area contributed by atoms with Crippen molar-refractivity contribution in [2.75, 3.05) is 29.9 Å². The summed E-state index contributed by atoms with van der Waals surface area (Å²) in [6, 6.07) is 11.8. The van der Waals surface area contributed by atoms with E-state index in [1.165, 1.54) is 12.1 Å². The molecule has 0 unspecified atom stereocenters. The van der Waals surface area contributed by atoms with E-state index >= 15 is 0 Å². The number of anilines is 2. The predicted octanol–water partition coefficient (Wildman–Crippen LogP) is 4.82. The molecule has 35 heavy (non-hydrogen) atoms. The van der Waals surface area contributed by atoms with E-state index in [-0.39, 0.29) is 35.6 Å². The van der Waals surface area contributed by atoms with Crippen molar-refractivity contribution in [2.24, 2.45) is 0 Å². The van der Waals surface area contributed by atoms with E-state index in [2.05, 4.69) is 20.3 Å². The molecule has 2 aromatic heterocycles. The Hall–Kier alpha value is -3.94. The van der Waals surface area contributed by atoms with Gasteiger partial charge in [0, 0.05) is 32.0 Å². The van der Waals surface area contributed by atoms with Crippen LogP contribution >= 0.6 is 0 Å². The van der Waals surface area contributed by atoms with Crippen LogP contribution in [0, 0.1) is 17.1 Å². The second-order valence-electron chi connectivity index (χ2n) is 8.09. The van der Waals surface area contributed by atoms with Crippen molar-refractivity contribution >= 4 is 11.8 Å². The Morgan fingerprint density at radius 1 is 1.11 bits per heavy atom. The van der Waals surface area contributed by atoms with Gasteiger partial charge < -0.3 is 15.0 Å². The summed E-state index contributed by atoms with van der Waals surface area (Å²) in [5, 5.41) is 12.7. The van der Waals surface area contributed by atoms with Crippen molar-refractivity contribution in [3.05, 3.63) is 71.3 Å². The van der Waals surface area contributed by atoms with Gasteiger partial charge in [-0.15, -0.1) is 0 Å². The molecule has 0 aliphatic carbocycles. The lowest BCUT2D eigenvalue weighted by molar-refractivity contribution is -0.154. The number of benzene rings is 1. The Morgan fingerprint density at radius 2 is 1.86 bits per heavy atom. The Kier molecular flexibility index (Phi) is 7.29. The number of hydrogen-bond acceptors (Lipinski definition) is 7. The number of rotatable bonds is 7. The van der Waals surface area contributed by atoms with Crippen LogP contribution in [0.15, 0.2) is 48.8 Å². The number of piperidine rings is 1. The molecule has 7 nitrogen and oxygen atoms in total. The van der Waals surface area contributed by atoms with Gasteiger partial charge in [0.05, 0.1) is 0 Å². The minimum absolute atomic E-state index is 0.0423.